The highest BCUT2D eigenvalue weighted by molar-refractivity contribution is 7.89. The molecule has 0 bridgehead atoms. The summed E-state index contributed by atoms with van der Waals surface area (Å²) in [5.74, 6) is -2.71. The fraction of sp³-hybridized carbons (Fsp3) is 0.600. The van der Waals surface area contributed by atoms with Crippen LogP contribution in [0, 0.1) is 12.8 Å². The molecule has 1 aromatic carbocycles. The number of hydrogen-bond acceptors (Lipinski definition) is 6. The molecule has 1 fully saturated rings. The van der Waals surface area contributed by atoms with Gasteiger partial charge in [0.2, 0.25) is 10.0 Å². The number of aliphatic hydroxyl groups is 1. The molecular weight excluding hydrogens is 563 g/mol. The van der Waals surface area contributed by atoms with Gasteiger partial charge in [-0.15, -0.1) is 0 Å². The first-order chi connectivity index (χ1) is 18.4. The van der Waals surface area contributed by atoms with E-state index in [4.69, 9.17) is 5.14 Å². The van der Waals surface area contributed by atoms with Gasteiger partial charge in [0.05, 0.1) is 22.5 Å². The van der Waals surface area contributed by atoms with Crippen molar-refractivity contribution in [2.45, 2.75) is 83.1 Å². The molecule has 4 N–H and O–H groups in total. The number of sulfonamides is 1. The zero-order chi connectivity index (χ0) is 30.0. The van der Waals surface area contributed by atoms with Crippen LogP contribution < -0.4 is 15.2 Å². The monoisotopic (exact) mass is 596 g/mol. The SMILES string of the molecule is CCn1nc(C(=O)NCC2(O)CCC(S(N)(=O)=O)CC2)c(C)c1-c1ccc(C[C@H](C)C(F)(F)F)cc1OC(F)F. The third kappa shape index (κ3) is 7.49. The first kappa shape index (κ1) is 31.7. The summed E-state index contributed by atoms with van der Waals surface area (Å²) >= 11 is 0. The smallest absolute Gasteiger partial charge is 0.391 e. The van der Waals surface area contributed by atoms with Gasteiger partial charge in [0.15, 0.2) is 5.69 Å². The number of amides is 1. The Balaban J connectivity index is 1.86. The fourth-order valence-corrected chi connectivity index (χ4v) is 5.74. The van der Waals surface area contributed by atoms with Crippen LogP contribution in [0.4, 0.5) is 22.0 Å². The molecule has 1 amide bonds. The van der Waals surface area contributed by atoms with Crippen molar-refractivity contribution in [2.24, 2.45) is 11.1 Å². The van der Waals surface area contributed by atoms with Crippen LogP contribution >= 0.6 is 0 Å². The van der Waals surface area contributed by atoms with Gasteiger partial charge in [0, 0.05) is 24.2 Å². The van der Waals surface area contributed by atoms with Crippen molar-refractivity contribution in [2.75, 3.05) is 6.54 Å². The molecule has 1 aromatic heterocycles. The Labute approximate surface area is 228 Å². The molecule has 0 saturated heterocycles. The first-order valence-electron chi connectivity index (χ1n) is 12.7. The molecule has 0 radical (unpaired) electrons. The zero-order valence-electron chi connectivity index (χ0n) is 22.3. The summed E-state index contributed by atoms with van der Waals surface area (Å²) in [6, 6.07) is 3.87. The molecule has 224 valence electrons. The first-order valence-corrected chi connectivity index (χ1v) is 14.3. The normalized spacial score (nSPS) is 20.9. The summed E-state index contributed by atoms with van der Waals surface area (Å²) in [6.45, 7) is 1.04. The number of alkyl halides is 5. The third-order valence-electron chi connectivity index (χ3n) is 7.23. The highest BCUT2D eigenvalue weighted by Crippen LogP contribution is 2.37. The molecule has 40 heavy (non-hydrogen) atoms. The summed E-state index contributed by atoms with van der Waals surface area (Å²) in [6.07, 6.45) is -4.40. The van der Waals surface area contributed by atoms with E-state index < -0.39 is 51.9 Å². The lowest BCUT2D eigenvalue weighted by molar-refractivity contribution is -0.169. The van der Waals surface area contributed by atoms with Crippen molar-refractivity contribution in [1.82, 2.24) is 15.1 Å². The maximum atomic E-state index is 13.3. The molecule has 3 rings (SSSR count). The van der Waals surface area contributed by atoms with Gasteiger partial charge >= 0.3 is 12.8 Å². The molecule has 15 heteroatoms. The predicted molar refractivity (Wildman–Crippen MR) is 136 cm³/mol. The number of benzene rings is 1. The van der Waals surface area contributed by atoms with E-state index in [1.54, 1.807) is 13.8 Å². The molecule has 1 aliphatic carbocycles. The lowest BCUT2D eigenvalue weighted by Gasteiger charge is -2.35. The third-order valence-corrected chi connectivity index (χ3v) is 8.63. The number of primary sulfonamides is 1. The van der Waals surface area contributed by atoms with Gasteiger partial charge in [0.25, 0.3) is 5.91 Å². The minimum absolute atomic E-state index is 0.0450. The number of rotatable bonds is 10. The lowest BCUT2D eigenvalue weighted by Crippen LogP contribution is -2.48. The number of carbonyl (C=O) groups is 1. The van der Waals surface area contributed by atoms with E-state index in [9.17, 15) is 40.3 Å². The molecule has 1 aliphatic rings. The van der Waals surface area contributed by atoms with Crippen LogP contribution in [0.2, 0.25) is 0 Å². The lowest BCUT2D eigenvalue weighted by atomic mass is 9.84. The van der Waals surface area contributed by atoms with E-state index in [0.29, 0.717) is 5.56 Å². The molecule has 1 heterocycles. The molecular formula is C25H33F5N4O5S. The summed E-state index contributed by atoms with van der Waals surface area (Å²) in [4.78, 5) is 13.0. The van der Waals surface area contributed by atoms with Crippen LogP contribution in [0.5, 0.6) is 5.75 Å². The second-order valence-corrected chi connectivity index (χ2v) is 12.0. The summed E-state index contributed by atoms with van der Waals surface area (Å²) in [7, 11) is -3.73. The summed E-state index contributed by atoms with van der Waals surface area (Å²) < 4.78 is 94.9. The van der Waals surface area contributed by atoms with E-state index in [-0.39, 0.29) is 67.0 Å². The van der Waals surface area contributed by atoms with Crippen LogP contribution in [-0.2, 0) is 23.0 Å². The summed E-state index contributed by atoms with van der Waals surface area (Å²) in [5.41, 5.74) is -0.549. The van der Waals surface area contributed by atoms with Crippen LogP contribution in [0.25, 0.3) is 11.3 Å². The number of nitrogens with two attached hydrogens (primary N) is 1. The average molecular weight is 597 g/mol. The van der Waals surface area contributed by atoms with Crippen molar-refractivity contribution in [1.29, 1.82) is 0 Å². The van der Waals surface area contributed by atoms with Gasteiger partial charge in [-0.2, -0.15) is 27.1 Å². The minimum atomic E-state index is -4.46. The van der Waals surface area contributed by atoms with Gasteiger partial charge in [-0.3, -0.25) is 9.48 Å². The van der Waals surface area contributed by atoms with Crippen molar-refractivity contribution in [3.8, 4) is 17.0 Å². The number of hydrogen-bond donors (Lipinski definition) is 3. The van der Waals surface area contributed by atoms with Crippen LogP contribution in [0.15, 0.2) is 18.2 Å². The number of aromatic nitrogens is 2. The molecule has 2 aromatic rings. The second kappa shape index (κ2) is 12.0. The van der Waals surface area contributed by atoms with Crippen molar-refractivity contribution >= 4 is 15.9 Å². The Hall–Kier alpha value is -2.78. The van der Waals surface area contributed by atoms with E-state index in [1.165, 1.54) is 16.8 Å². The summed E-state index contributed by atoms with van der Waals surface area (Å²) in [5, 5.41) is 22.2. The number of nitrogens with one attached hydrogen (secondary N) is 1. The van der Waals surface area contributed by atoms with Gasteiger partial charge in [-0.1, -0.05) is 13.0 Å². The topological polar surface area (TPSA) is 137 Å². The van der Waals surface area contributed by atoms with Crippen LogP contribution in [-0.4, -0.2) is 59.4 Å². The van der Waals surface area contributed by atoms with E-state index in [2.05, 4.69) is 15.2 Å². The Bertz CT molecular complexity index is 1320. The Morgan fingerprint density at radius 3 is 2.45 bits per heavy atom. The van der Waals surface area contributed by atoms with E-state index in [1.807, 2.05) is 0 Å². The fourth-order valence-electron chi connectivity index (χ4n) is 4.85. The van der Waals surface area contributed by atoms with Crippen molar-refractivity contribution in [3.63, 3.8) is 0 Å². The Kier molecular flexibility index (Phi) is 9.51. The van der Waals surface area contributed by atoms with E-state index >= 15 is 0 Å². The number of nitrogens with zero attached hydrogens (tertiary/aromatic N) is 2. The predicted octanol–water partition coefficient (Wildman–Crippen LogP) is 3.91. The van der Waals surface area contributed by atoms with Crippen molar-refractivity contribution in [3.05, 3.63) is 35.0 Å². The second-order valence-electron chi connectivity index (χ2n) is 10.2. The quantitative estimate of drug-likeness (QED) is 0.356. The largest absolute Gasteiger partial charge is 0.434 e. The minimum Gasteiger partial charge on any atom is -0.434 e. The standard InChI is InChI=1S/C25H33F5N4O5S/c1-4-34-21(18-6-5-16(11-14(2)25(28,29)30)12-19(18)39-23(26)27)15(3)20(33-34)22(35)32-13-24(36)9-7-17(8-10-24)40(31,37)38/h5-6,12,14,17,23,36H,4,7-11,13H2,1-3H3,(H,32,35)(H2,31,37,38)/t14-,17?,24?/m0/s1. The Morgan fingerprint density at radius 1 is 1.30 bits per heavy atom. The van der Waals surface area contributed by atoms with Gasteiger partial charge in [-0.25, -0.2) is 13.6 Å². The highest BCUT2D eigenvalue weighted by Gasteiger charge is 2.38. The van der Waals surface area contributed by atoms with Gasteiger partial charge in [0.1, 0.15) is 5.75 Å². The molecule has 0 spiro atoms. The molecule has 0 unspecified atom stereocenters. The average Bonchev–Trinajstić information content (AvgIpc) is 3.17. The number of ether oxygens (including phenoxy) is 1. The number of halogens is 5. The van der Waals surface area contributed by atoms with Gasteiger partial charge < -0.3 is 15.2 Å². The zero-order valence-corrected chi connectivity index (χ0v) is 23.1. The molecule has 1 atom stereocenters. The molecule has 1 saturated carbocycles. The highest BCUT2D eigenvalue weighted by atomic mass is 32.2. The van der Waals surface area contributed by atoms with Gasteiger partial charge in [-0.05, 0) is 63.6 Å². The Morgan fingerprint density at radius 2 is 1.93 bits per heavy atom. The number of carbonyl (C=O) groups excluding carboxylic acids is 1. The maximum absolute atomic E-state index is 13.3. The molecule has 9 nitrogen and oxygen atoms in total. The number of aryl methyl sites for hydroxylation is 1. The van der Waals surface area contributed by atoms with Crippen LogP contribution in [0.1, 0.15) is 61.1 Å². The van der Waals surface area contributed by atoms with Crippen molar-refractivity contribution < 1.29 is 45.0 Å². The maximum Gasteiger partial charge on any atom is 0.391 e. The van der Waals surface area contributed by atoms with E-state index in [0.717, 1.165) is 13.0 Å². The molecule has 0 aliphatic heterocycles. The van der Waals surface area contributed by atoms with Crippen LogP contribution in [0.3, 0.4) is 0 Å².